The van der Waals surface area contributed by atoms with Gasteiger partial charge in [-0.25, -0.2) is 4.57 Å². The molecule has 0 aliphatic carbocycles. The molecule has 0 aliphatic rings. The minimum atomic E-state index is -4.63. The molecule has 10 nitrogen and oxygen atoms in total. The highest BCUT2D eigenvalue weighted by atomic mass is 31.2. The van der Waals surface area contributed by atoms with Gasteiger partial charge in [0.15, 0.2) is 6.10 Å². The Morgan fingerprint density at radius 2 is 0.932 bits per heavy atom. The first-order valence-electron chi connectivity index (χ1n) is 23.2. The number of allylic oxidation sites excluding steroid dienone is 10. The van der Waals surface area contributed by atoms with Gasteiger partial charge in [0.25, 0.3) is 0 Å². The first-order chi connectivity index (χ1) is 28.7. The molecule has 0 saturated heterocycles. The summed E-state index contributed by atoms with van der Waals surface area (Å²) in [7, 11) is -4.63. The molecule has 0 heterocycles. The number of aliphatic hydroxyl groups excluding tert-OH is 2. The SMILES string of the molecule is CC/C=C\C/C=C\C/C=C\C/C=C\CCCCCCC(=O)OC(COC(=O)CCCCCCCCCCC/C=C\CCCCCCCC)COP(=O)(O)OCC(O)CO. The van der Waals surface area contributed by atoms with Gasteiger partial charge in [0, 0.05) is 12.8 Å². The van der Waals surface area contributed by atoms with Gasteiger partial charge in [0.1, 0.15) is 12.7 Å². The zero-order valence-electron chi connectivity index (χ0n) is 37.2. The number of ether oxygens (including phenoxy) is 2. The van der Waals surface area contributed by atoms with Crippen molar-refractivity contribution >= 4 is 19.8 Å². The Morgan fingerprint density at radius 1 is 0.525 bits per heavy atom. The minimum Gasteiger partial charge on any atom is -0.462 e. The lowest BCUT2D eigenvalue weighted by molar-refractivity contribution is -0.161. The maximum absolute atomic E-state index is 12.6. The van der Waals surface area contributed by atoms with Gasteiger partial charge < -0.3 is 24.6 Å². The highest BCUT2D eigenvalue weighted by Crippen LogP contribution is 2.43. The number of phosphoric acid groups is 1. The Balaban J connectivity index is 4.29. The van der Waals surface area contributed by atoms with Gasteiger partial charge in [-0.05, 0) is 77.0 Å². The van der Waals surface area contributed by atoms with Crippen molar-refractivity contribution in [3.63, 3.8) is 0 Å². The third kappa shape index (κ3) is 43.6. The van der Waals surface area contributed by atoms with Gasteiger partial charge in [-0.15, -0.1) is 0 Å². The molecule has 0 radical (unpaired) electrons. The summed E-state index contributed by atoms with van der Waals surface area (Å²) in [6.07, 6.45) is 49.0. The van der Waals surface area contributed by atoms with Crippen LogP contribution in [0.1, 0.15) is 194 Å². The Labute approximate surface area is 359 Å². The van der Waals surface area contributed by atoms with Crippen LogP contribution in [0, 0.1) is 0 Å². The second kappa shape index (κ2) is 43.7. The van der Waals surface area contributed by atoms with Gasteiger partial charge in [0.2, 0.25) is 0 Å². The van der Waals surface area contributed by atoms with Crippen molar-refractivity contribution in [1.82, 2.24) is 0 Å². The summed E-state index contributed by atoms with van der Waals surface area (Å²) < 4.78 is 32.8. The molecule has 0 saturated carbocycles. The van der Waals surface area contributed by atoms with E-state index in [1.54, 1.807) is 0 Å². The second-order valence-electron chi connectivity index (χ2n) is 15.4. The van der Waals surface area contributed by atoms with Gasteiger partial charge in [-0.3, -0.25) is 18.6 Å². The molecule has 0 aromatic carbocycles. The quantitative estimate of drug-likeness (QED) is 0.0234. The molecule has 0 aromatic rings. The molecule has 3 atom stereocenters. The summed E-state index contributed by atoms with van der Waals surface area (Å²) in [5, 5.41) is 18.4. The van der Waals surface area contributed by atoms with Crippen molar-refractivity contribution in [2.24, 2.45) is 0 Å². The highest BCUT2D eigenvalue weighted by Gasteiger charge is 2.27. The van der Waals surface area contributed by atoms with Crippen LogP contribution in [0.15, 0.2) is 60.8 Å². The highest BCUT2D eigenvalue weighted by molar-refractivity contribution is 7.47. The van der Waals surface area contributed by atoms with Crippen molar-refractivity contribution in [2.45, 2.75) is 206 Å². The second-order valence-corrected chi connectivity index (χ2v) is 16.8. The van der Waals surface area contributed by atoms with Crippen molar-refractivity contribution < 1.29 is 47.8 Å². The lowest BCUT2D eigenvalue weighted by Gasteiger charge is -2.20. The van der Waals surface area contributed by atoms with Gasteiger partial charge in [0.05, 0.1) is 19.8 Å². The fourth-order valence-corrected chi connectivity index (χ4v) is 6.89. The van der Waals surface area contributed by atoms with Crippen LogP contribution >= 0.6 is 7.82 Å². The Bertz CT molecular complexity index is 1160. The molecule has 3 N–H and O–H groups in total. The summed E-state index contributed by atoms with van der Waals surface area (Å²) in [4.78, 5) is 35.1. The molecular formula is C48H85O10P. The molecule has 0 bridgehead atoms. The number of carbonyl (C=O) groups is 2. The summed E-state index contributed by atoms with van der Waals surface area (Å²) in [6.45, 7) is 2.24. The lowest BCUT2D eigenvalue weighted by atomic mass is 10.1. The standard InChI is InChI=1S/C48H85O10P/c1-3-5-7-9-11-13-15-17-19-21-22-24-25-27-29-31-33-35-37-39-47(51)55-43-46(44-57-59(53,54)56-42-45(50)41-49)58-48(52)40-38-36-34-32-30-28-26-23-20-18-16-14-12-10-8-6-4-2/h6,8,12,14,17-20,26,28,45-46,49-50H,3-5,7,9-11,13,15-16,21-25,27,29-44H2,1-2H3,(H,53,54)/b8-6-,14-12-,19-17-,20-18-,28-26-. The molecule has 59 heavy (non-hydrogen) atoms. The molecular weight excluding hydrogens is 767 g/mol. The van der Waals surface area contributed by atoms with Gasteiger partial charge >= 0.3 is 19.8 Å². The zero-order chi connectivity index (χ0) is 43.3. The predicted molar refractivity (Wildman–Crippen MR) is 242 cm³/mol. The van der Waals surface area contributed by atoms with E-state index in [1.807, 2.05) is 0 Å². The van der Waals surface area contributed by atoms with Crippen molar-refractivity contribution in [2.75, 3.05) is 26.4 Å². The first kappa shape index (κ1) is 56.7. The number of carbonyl (C=O) groups excluding carboxylic acids is 2. The van der Waals surface area contributed by atoms with E-state index in [2.05, 4.69) is 74.6 Å². The van der Waals surface area contributed by atoms with Crippen molar-refractivity contribution in [3.8, 4) is 0 Å². The molecule has 3 unspecified atom stereocenters. The fourth-order valence-electron chi connectivity index (χ4n) is 6.10. The van der Waals surface area contributed by atoms with E-state index >= 15 is 0 Å². The smallest absolute Gasteiger partial charge is 0.462 e. The van der Waals surface area contributed by atoms with E-state index in [9.17, 15) is 24.2 Å². The first-order valence-corrected chi connectivity index (χ1v) is 24.7. The van der Waals surface area contributed by atoms with E-state index < -0.39 is 51.8 Å². The van der Waals surface area contributed by atoms with Crippen LogP contribution in [0.25, 0.3) is 0 Å². The number of hydrogen-bond donors (Lipinski definition) is 3. The summed E-state index contributed by atoms with van der Waals surface area (Å²) in [6, 6.07) is 0. The van der Waals surface area contributed by atoms with Crippen LogP contribution in [-0.2, 0) is 32.7 Å². The van der Waals surface area contributed by atoms with E-state index in [0.717, 1.165) is 70.6 Å². The lowest BCUT2D eigenvalue weighted by Crippen LogP contribution is -2.29. The number of phosphoric ester groups is 1. The van der Waals surface area contributed by atoms with Crippen LogP contribution in [0.5, 0.6) is 0 Å². The van der Waals surface area contributed by atoms with Crippen LogP contribution in [-0.4, -0.2) is 65.7 Å². The number of unbranched alkanes of at least 4 members (excludes halogenated alkanes) is 19. The number of esters is 2. The monoisotopic (exact) mass is 853 g/mol. The third-order valence-corrected chi connectivity index (χ3v) is 10.6. The molecule has 11 heteroatoms. The normalized spacial score (nSPS) is 14.3. The summed E-state index contributed by atoms with van der Waals surface area (Å²) >= 11 is 0. The molecule has 0 rings (SSSR count). The zero-order valence-corrected chi connectivity index (χ0v) is 38.1. The molecule has 0 fully saturated rings. The third-order valence-electron chi connectivity index (χ3n) is 9.66. The van der Waals surface area contributed by atoms with Gasteiger partial charge in [-0.1, -0.05) is 164 Å². The number of rotatable bonds is 43. The molecule has 342 valence electrons. The van der Waals surface area contributed by atoms with Crippen LogP contribution in [0.4, 0.5) is 0 Å². The van der Waals surface area contributed by atoms with E-state index in [0.29, 0.717) is 12.8 Å². The number of hydrogen-bond acceptors (Lipinski definition) is 9. The Hall–Kier alpha value is -2.33. The Kier molecular flexibility index (Phi) is 42.0. The average Bonchev–Trinajstić information content (AvgIpc) is 3.22. The summed E-state index contributed by atoms with van der Waals surface area (Å²) in [5.74, 6) is -0.955. The van der Waals surface area contributed by atoms with E-state index in [-0.39, 0.29) is 19.4 Å². The van der Waals surface area contributed by atoms with Crippen molar-refractivity contribution in [1.29, 1.82) is 0 Å². The largest absolute Gasteiger partial charge is 0.472 e. The fraction of sp³-hybridized carbons (Fsp3) is 0.750. The van der Waals surface area contributed by atoms with Crippen LogP contribution in [0.2, 0.25) is 0 Å². The Morgan fingerprint density at radius 3 is 1.42 bits per heavy atom. The minimum absolute atomic E-state index is 0.154. The average molecular weight is 853 g/mol. The molecule has 0 amide bonds. The predicted octanol–water partition coefficient (Wildman–Crippen LogP) is 12.7. The maximum atomic E-state index is 12.6. The summed E-state index contributed by atoms with van der Waals surface area (Å²) in [5.41, 5.74) is 0. The van der Waals surface area contributed by atoms with Crippen LogP contribution in [0.3, 0.4) is 0 Å². The maximum Gasteiger partial charge on any atom is 0.472 e. The van der Waals surface area contributed by atoms with E-state index in [1.165, 1.54) is 83.5 Å². The topological polar surface area (TPSA) is 149 Å². The van der Waals surface area contributed by atoms with Crippen LogP contribution < -0.4 is 0 Å². The van der Waals surface area contributed by atoms with Crippen molar-refractivity contribution in [3.05, 3.63) is 60.8 Å². The van der Waals surface area contributed by atoms with Gasteiger partial charge in [-0.2, -0.15) is 0 Å². The molecule has 0 aliphatic heterocycles. The van der Waals surface area contributed by atoms with E-state index in [4.69, 9.17) is 23.6 Å². The molecule has 0 aromatic heterocycles. The number of aliphatic hydroxyl groups is 2. The molecule has 0 spiro atoms.